The summed E-state index contributed by atoms with van der Waals surface area (Å²) in [6, 6.07) is 4.51. The van der Waals surface area contributed by atoms with E-state index in [1.165, 1.54) is 26.2 Å². The van der Waals surface area contributed by atoms with Crippen LogP contribution in [0, 0.1) is 0 Å². The summed E-state index contributed by atoms with van der Waals surface area (Å²) in [6.07, 6.45) is 0. The molecule has 0 atom stereocenters. The Morgan fingerprint density at radius 3 is 1.70 bits per heavy atom. The van der Waals surface area contributed by atoms with Crippen LogP contribution in [-0.2, 0) is 9.59 Å². The van der Waals surface area contributed by atoms with Gasteiger partial charge in [-0.2, -0.15) is 0 Å². The average molecular weight is 286 g/mol. The number of rotatable bonds is 2. The molecular formula is C13H18O7. The molecule has 112 valence electrons. The van der Waals surface area contributed by atoms with Crippen molar-refractivity contribution < 1.29 is 34.4 Å². The fourth-order valence-corrected chi connectivity index (χ4v) is 0.897. The van der Waals surface area contributed by atoms with Gasteiger partial charge in [-0.1, -0.05) is 0 Å². The fourth-order valence-electron chi connectivity index (χ4n) is 0.897. The number of ether oxygens (including phenoxy) is 1. The number of hydrogen-bond acceptors (Lipinski definition) is 5. The molecule has 1 aromatic carbocycles. The quantitative estimate of drug-likeness (QED) is 0.708. The molecule has 0 bridgehead atoms. The summed E-state index contributed by atoms with van der Waals surface area (Å²) < 4.78 is 4.83. The number of ketones is 1. The van der Waals surface area contributed by atoms with E-state index in [9.17, 15) is 9.90 Å². The third-order valence-corrected chi connectivity index (χ3v) is 1.59. The van der Waals surface area contributed by atoms with Gasteiger partial charge in [0, 0.05) is 19.4 Å². The smallest absolute Gasteiger partial charge is 0.300 e. The number of Topliss-reactive ketones (excluding diaryl/α,β-unsaturated/α-hetero) is 1. The zero-order chi connectivity index (χ0) is 16.3. The zero-order valence-electron chi connectivity index (χ0n) is 11.7. The molecule has 0 aliphatic rings. The topological polar surface area (TPSA) is 121 Å². The van der Waals surface area contributed by atoms with Crippen LogP contribution in [0.2, 0.25) is 0 Å². The monoisotopic (exact) mass is 286 g/mol. The van der Waals surface area contributed by atoms with Gasteiger partial charge in [0.05, 0.1) is 7.11 Å². The van der Waals surface area contributed by atoms with Gasteiger partial charge in [-0.3, -0.25) is 14.4 Å². The minimum absolute atomic E-state index is 0.0440. The van der Waals surface area contributed by atoms with Crippen molar-refractivity contribution in [3.63, 3.8) is 0 Å². The van der Waals surface area contributed by atoms with Crippen LogP contribution in [-0.4, -0.2) is 40.2 Å². The van der Waals surface area contributed by atoms with Crippen molar-refractivity contribution in [3.8, 4) is 11.5 Å². The van der Waals surface area contributed by atoms with Crippen molar-refractivity contribution in [2.24, 2.45) is 0 Å². The molecular weight excluding hydrogens is 268 g/mol. The maximum absolute atomic E-state index is 10.9. The summed E-state index contributed by atoms with van der Waals surface area (Å²) in [4.78, 5) is 28.9. The second-order valence-corrected chi connectivity index (χ2v) is 3.48. The first-order valence-corrected chi connectivity index (χ1v) is 5.38. The molecule has 1 rings (SSSR count). The van der Waals surface area contributed by atoms with E-state index in [-0.39, 0.29) is 11.5 Å². The minimum atomic E-state index is -0.833. The van der Waals surface area contributed by atoms with Crippen molar-refractivity contribution in [2.45, 2.75) is 20.8 Å². The van der Waals surface area contributed by atoms with Crippen LogP contribution < -0.4 is 4.74 Å². The number of benzene rings is 1. The van der Waals surface area contributed by atoms with E-state index in [0.717, 1.165) is 13.8 Å². The highest BCUT2D eigenvalue weighted by Crippen LogP contribution is 2.26. The summed E-state index contributed by atoms with van der Waals surface area (Å²) in [5.74, 6) is -1.35. The summed E-state index contributed by atoms with van der Waals surface area (Å²) in [7, 11) is 1.44. The van der Waals surface area contributed by atoms with E-state index < -0.39 is 11.9 Å². The molecule has 0 unspecified atom stereocenters. The molecule has 0 fully saturated rings. The van der Waals surface area contributed by atoms with Crippen molar-refractivity contribution in [1.29, 1.82) is 0 Å². The van der Waals surface area contributed by atoms with Crippen molar-refractivity contribution in [3.05, 3.63) is 23.8 Å². The Labute approximate surface area is 116 Å². The molecule has 1 aromatic rings. The molecule has 0 amide bonds. The third kappa shape index (κ3) is 11.9. The number of aliphatic carboxylic acids is 2. The van der Waals surface area contributed by atoms with Gasteiger partial charge in [-0.05, 0) is 25.1 Å². The van der Waals surface area contributed by atoms with E-state index in [4.69, 9.17) is 24.5 Å². The number of carbonyl (C=O) groups is 3. The van der Waals surface area contributed by atoms with E-state index in [0.29, 0.717) is 11.3 Å². The molecule has 0 aliphatic carbocycles. The Morgan fingerprint density at radius 2 is 1.40 bits per heavy atom. The molecule has 7 heteroatoms. The second-order valence-electron chi connectivity index (χ2n) is 3.48. The van der Waals surface area contributed by atoms with Crippen molar-refractivity contribution in [1.82, 2.24) is 0 Å². The van der Waals surface area contributed by atoms with E-state index in [2.05, 4.69) is 0 Å². The number of carbonyl (C=O) groups excluding carboxylic acids is 1. The number of phenolic OH excluding ortho intramolecular Hbond substituents is 1. The van der Waals surface area contributed by atoms with Gasteiger partial charge in [0.15, 0.2) is 17.3 Å². The standard InChI is InChI=1S/C9H10O3.2C2H4O2/c1-6(10)7-3-4-8(11)9(5-7)12-2;2*1-2(3)4/h3-5,11H,1-2H3;2*1H3,(H,3,4). The van der Waals surface area contributed by atoms with Gasteiger partial charge >= 0.3 is 0 Å². The molecule has 0 radical (unpaired) electrons. The number of hydrogen-bond donors (Lipinski definition) is 3. The minimum Gasteiger partial charge on any atom is -0.504 e. The van der Waals surface area contributed by atoms with Crippen LogP contribution in [0.25, 0.3) is 0 Å². The highest BCUT2D eigenvalue weighted by atomic mass is 16.5. The first-order valence-electron chi connectivity index (χ1n) is 5.38. The second kappa shape index (κ2) is 10.4. The maximum Gasteiger partial charge on any atom is 0.300 e. The molecule has 3 N–H and O–H groups in total. The lowest BCUT2D eigenvalue weighted by Crippen LogP contribution is -1.92. The molecule has 0 spiro atoms. The van der Waals surface area contributed by atoms with E-state index in [1.54, 1.807) is 6.07 Å². The summed E-state index contributed by atoms with van der Waals surface area (Å²) in [6.45, 7) is 3.63. The third-order valence-electron chi connectivity index (χ3n) is 1.59. The van der Waals surface area contributed by atoms with Crippen molar-refractivity contribution >= 4 is 17.7 Å². The number of carboxylic acids is 2. The van der Waals surface area contributed by atoms with Crippen LogP contribution in [0.1, 0.15) is 31.1 Å². The van der Waals surface area contributed by atoms with Gasteiger partial charge in [0.1, 0.15) is 0 Å². The predicted molar refractivity (Wildman–Crippen MR) is 71.3 cm³/mol. The number of methoxy groups -OCH3 is 1. The fraction of sp³-hybridized carbons (Fsp3) is 0.308. The number of phenols is 1. The van der Waals surface area contributed by atoms with Gasteiger partial charge in [0.25, 0.3) is 11.9 Å². The maximum atomic E-state index is 10.9. The Hall–Kier alpha value is -2.57. The normalized spacial score (nSPS) is 8.20. The lowest BCUT2D eigenvalue weighted by Gasteiger charge is -2.03. The molecule has 0 aromatic heterocycles. The van der Waals surface area contributed by atoms with Gasteiger partial charge < -0.3 is 20.1 Å². The molecule has 0 aliphatic heterocycles. The largest absolute Gasteiger partial charge is 0.504 e. The Bertz CT molecular complexity index is 446. The average Bonchev–Trinajstić information content (AvgIpc) is 2.27. The van der Waals surface area contributed by atoms with Crippen molar-refractivity contribution in [2.75, 3.05) is 7.11 Å². The lowest BCUT2D eigenvalue weighted by atomic mass is 10.1. The van der Waals surface area contributed by atoms with Crippen LogP contribution in [0.5, 0.6) is 11.5 Å². The molecule has 0 saturated heterocycles. The Balaban J connectivity index is 0. The summed E-state index contributed by atoms with van der Waals surface area (Å²) in [5, 5.41) is 24.0. The molecule has 20 heavy (non-hydrogen) atoms. The van der Waals surface area contributed by atoms with Crippen LogP contribution in [0.4, 0.5) is 0 Å². The highest BCUT2D eigenvalue weighted by molar-refractivity contribution is 5.94. The van der Waals surface area contributed by atoms with Gasteiger partial charge in [-0.15, -0.1) is 0 Å². The Kier molecular flexibility index (Phi) is 10.2. The first-order chi connectivity index (χ1) is 9.11. The molecule has 0 saturated carbocycles. The number of carboxylic acid groups (broad SMARTS) is 2. The first kappa shape index (κ1) is 19.8. The van der Waals surface area contributed by atoms with Gasteiger partial charge in [0.2, 0.25) is 0 Å². The summed E-state index contributed by atoms with van der Waals surface area (Å²) >= 11 is 0. The zero-order valence-corrected chi connectivity index (χ0v) is 11.7. The lowest BCUT2D eigenvalue weighted by molar-refractivity contribution is -0.135. The van der Waals surface area contributed by atoms with E-state index in [1.807, 2.05) is 0 Å². The molecule has 0 heterocycles. The van der Waals surface area contributed by atoms with E-state index >= 15 is 0 Å². The van der Waals surface area contributed by atoms with Crippen LogP contribution in [0.15, 0.2) is 18.2 Å². The highest BCUT2D eigenvalue weighted by Gasteiger charge is 2.04. The predicted octanol–water partition coefficient (Wildman–Crippen LogP) is 1.79. The van der Waals surface area contributed by atoms with Crippen LogP contribution in [0.3, 0.4) is 0 Å². The molecule has 7 nitrogen and oxygen atoms in total. The number of aromatic hydroxyl groups is 1. The Morgan fingerprint density at radius 1 is 1.00 bits per heavy atom. The van der Waals surface area contributed by atoms with Gasteiger partial charge in [-0.25, -0.2) is 0 Å². The SMILES string of the molecule is CC(=O)O.CC(=O)O.COc1cc(C(C)=O)ccc1O. The summed E-state index contributed by atoms with van der Waals surface area (Å²) in [5.41, 5.74) is 0.532. The van der Waals surface area contributed by atoms with Crippen LogP contribution >= 0.6 is 0 Å².